The Balaban J connectivity index is 1.37. The molecule has 0 unspecified atom stereocenters. The van der Waals surface area contributed by atoms with Gasteiger partial charge < -0.3 is 20.1 Å². The molecule has 160 valence electrons. The van der Waals surface area contributed by atoms with Crippen LogP contribution in [0.3, 0.4) is 0 Å². The van der Waals surface area contributed by atoms with E-state index >= 15 is 0 Å². The number of carbonyl (C=O) groups is 3. The molecule has 0 aliphatic carbocycles. The smallest absolute Gasteiger partial charge is 0.306 e. The summed E-state index contributed by atoms with van der Waals surface area (Å²) in [6.45, 7) is -0.391. The van der Waals surface area contributed by atoms with E-state index < -0.39 is 18.5 Å². The van der Waals surface area contributed by atoms with Gasteiger partial charge in [0, 0.05) is 35.7 Å². The SMILES string of the molecule is COc1cccc(NC(=O)COC(=O)CCCC(=O)Nc2cccc3ccccc23)c1. The number of fused-ring (bicyclic) bond motifs is 1. The van der Waals surface area contributed by atoms with Crippen LogP contribution >= 0.6 is 0 Å². The first-order valence-corrected chi connectivity index (χ1v) is 9.92. The zero-order chi connectivity index (χ0) is 22.1. The van der Waals surface area contributed by atoms with Crippen LogP contribution < -0.4 is 15.4 Å². The molecule has 7 nitrogen and oxygen atoms in total. The third-order valence-corrected chi connectivity index (χ3v) is 4.57. The third-order valence-electron chi connectivity index (χ3n) is 4.57. The summed E-state index contributed by atoms with van der Waals surface area (Å²) < 4.78 is 10.1. The van der Waals surface area contributed by atoms with Gasteiger partial charge in [-0.1, -0.05) is 42.5 Å². The van der Waals surface area contributed by atoms with Crippen LogP contribution in [0.15, 0.2) is 66.7 Å². The van der Waals surface area contributed by atoms with Crippen molar-refractivity contribution in [1.82, 2.24) is 0 Å². The number of ether oxygens (including phenoxy) is 2. The van der Waals surface area contributed by atoms with E-state index in [-0.39, 0.29) is 18.7 Å². The van der Waals surface area contributed by atoms with Crippen molar-refractivity contribution >= 4 is 39.9 Å². The molecule has 0 spiro atoms. The Hall–Kier alpha value is -3.87. The molecule has 0 bridgehead atoms. The summed E-state index contributed by atoms with van der Waals surface area (Å²) >= 11 is 0. The molecular weight excluding hydrogens is 396 g/mol. The van der Waals surface area contributed by atoms with E-state index in [4.69, 9.17) is 9.47 Å². The second kappa shape index (κ2) is 10.8. The Labute approximate surface area is 180 Å². The van der Waals surface area contributed by atoms with Crippen molar-refractivity contribution in [2.45, 2.75) is 19.3 Å². The predicted octanol–water partition coefficient (Wildman–Crippen LogP) is 4.14. The number of rotatable bonds is 9. The maximum Gasteiger partial charge on any atom is 0.306 e. The number of carbonyl (C=O) groups excluding carboxylic acids is 3. The zero-order valence-corrected chi connectivity index (χ0v) is 17.2. The Bertz CT molecular complexity index is 1080. The van der Waals surface area contributed by atoms with Crippen LogP contribution in [0.2, 0.25) is 0 Å². The monoisotopic (exact) mass is 420 g/mol. The van der Waals surface area contributed by atoms with Crippen LogP contribution in [0.5, 0.6) is 5.75 Å². The number of esters is 1. The van der Waals surface area contributed by atoms with Gasteiger partial charge in [-0.3, -0.25) is 14.4 Å². The lowest BCUT2D eigenvalue weighted by Gasteiger charge is -2.09. The molecule has 0 aliphatic heterocycles. The summed E-state index contributed by atoms with van der Waals surface area (Å²) in [5.41, 5.74) is 1.28. The number of methoxy groups -OCH3 is 1. The Morgan fingerprint density at radius 2 is 1.61 bits per heavy atom. The van der Waals surface area contributed by atoms with E-state index in [1.807, 2.05) is 42.5 Å². The second-order valence-corrected chi connectivity index (χ2v) is 6.87. The molecule has 0 saturated heterocycles. The fourth-order valence-electron chi connectivity index (χ4n) is 3.06. The van der Waals surface area contributed by atoms with Gasteiger partial charge in [-0.2, -0.15) is 0 Å². The highest BCUT2D eigenvalue weighted by Gasteiger charge is 2.11. The van der Waals surface area contributed by atoms with E-state index in [1.54, 1.807) is 24.3 Å². The number of benzene rings is 3. The highest BCUT2D eigenvalue weighted by Crippen LogP contribution is 2.23. The maximum atomic E-state index is 12.2. The summed E-state index contributed by atoms with van der Waals surface area (Å²) in [4.78, 5) is 36.0. The first-order valence-electron chi connectivity index (χ1n) is 9.92. The van der Waals surface area contributed by atoms with Gasteiger partial charge in [0.1, 0.15) is 5.75 Å². The molecule has 2 amide bonds. The number of nitrogens with one attached hydrogen (secondary N) is 2. The number of hydrogen-bond donors (Lipinski definition) is 2. The lowest BCUT2D eigenvalue weighted by molar-refractivity contribution is -0.147. The van der Waals surface area contributed by atoms with Crippen molar-refractivity contribution in [3.8, 4) is 5.75 Å². The summed E-state index contributed by atoms with van der Waals surface area (Å²) in [7, 11) is 1.53. The minimum absolute atomic E-state index is 0.0510. The van der Waals surface area contributed by atoms with Crippen LogP contribution in [0.4, 0.5) is 11.4 Å². The topological polar surface area (TPSA) is 93.7 Å². The average Bonchev–Trinajstić information content (AvgIpc) is 2.78. The van der Waals surface area contributed by atoms with E-state index in [2.05, 4.69) is 10.6 Å². The molecule has 2 N–H and O–H groups in total. The first kappa shape index (κ1) is 21.8. The average molecular weight is 420 g/mol. The standard InChI is InChI=1S/C24H24N2O5/c1-30-19-10-5-9-18(15-19)25-23(28)16-31-24(29)14-6-13-22(27)26-21-12-4-8-17-7-2-3-11-20(17)21/h2-5,7-12,15H,6,13-14,16H2,1H3,(H,25,28)(H,26,27). The molecule has 0 saturated carbocycles. The molecule has 0 aromatic heterocycles. The number of anilines is 2. The summed E-state index contributed by atoms with van der Waals surface area (Å²) in [6.07, 6.45) is 0.552. The molecule has 3 rings (SSSR count). The highest BCUT2D eigenvalue weighted by molar-refractivity contribution is 6.02. The van der Waals surface area contributed by atoms with Crippen molar-refractivity contribution in [1.29, 1.82) is 0 Å². The van der Waals surface area contributed by atoms with E-state index in [9.17, 15) is 14.4 Å². The van der Waals surface area contributed by atoms with Gasteiger partial charge >= 0.3 is 5.97 Å². The van der Waals surface area contributed by atoms with E-state index in [0.717, 1.165) is 16.5 Å². The van der Waals surface area contributed by atoms with Gasteiger partial charge in [-0.25, -0.2) is 0 Å². The van der Waals surface area contributed by atoms with Crippen molar-refractivity contribution in [3.63, 3.8) is 0 Å². The highest BCUT2D eigenvalue weighted by atomic mass is 16.5. The van der Waals surface area contributed by atoms with Crippen molar-refractivity contribution in [3.05, 3.63) is 66.7 Å². The van der Waals surface area contributed by atoms with Gasteiger partial charge in [0.15, 0.2) is 6.61 Å². The van der Waals surface area contributed by atoms with Gasteiger partial charge in [0.2, 0.25) is 5.91 Å². The molecule has 0 heterocycles. The van der Waals surface area contributed by atoms with Crippen LogP contribution in [-0.4, -0.2) is 31.5 Å². The van der Waals surface area contributed by atoms with E-state index in [1.165, 1.54) is 7.11 Å². The quantitative estimate of drug-likeness (QED) is 0.508. The first-order chi connectivity index (χ1) is 15.0. The molecule has 7 heteroatoms. The maximum absolute atomic E-state index is 12.2. The number of hydrogen-bond acceptors (Lipinski definition) is 5. The van der Waals surface area contributed by atoms with Crippen LogP contribution in [-0.2, 0) is 19.1 Å². The lowest BCUT2D eigenvalue weighted by Crippen LogP contribution is -2.21. The normalized spacial score (nSPS) is 10.4. The Morgan fingerprint density at radius 3 is 2.45 bits per heavy atom. The molecule has 3 aromatic rings. The van der Waals surface area contributed by atoms with Gasteiger partial charge in [0.25, 0.3) is 5.91 Å². The number of amides is 2. The van der Waals surface area contributed by atoms with Crippen molar-refractivity contribution < 1.29 is 23.9 Å². The van der Waals surface area contributed by atoms with Crippen LogP contribution in [0.25, 0.3) is 10.8 Å². The minimum atomic E-state index is -0.529. The Morgan fingerprint density at radius 1 is 0.839 bits per heavy atom. The molecular formula is C24H24N2O5. The molecule has 0 radical (unpaired) electrons. The fraction of sp³-hybridized carbons (Fsp3) is 0.208. The third kappa shape index (κ3) is 6.57. The fourth-order valence-corrected chi connectivity index (χ4v) is 3.06. The van der Waals surface area contributed by atoms with Gasteiger partial charge in [-0.05, 0) is 30.0 Å². The summed E-state index contributed by atoms with van der Waals surface area (Å²) in [6, 6.07) is 20.3. The summed E-state index contributed by atoms with van der Waals surface area (Å²) in [5.74, 6) is -0.550. The lowest BCUT2D eigenvalue weighted by atomic mass is 10.1. The molecule has 0 aliphatic rings. The van der Waals surface area contributed by atoms with Crippen LogP contribution in [0.1, 0.15) is 19.3 Å². The second-order valence-electron chi connectivity index (χ2n) is 6.87. The molecule has 3 aromatic carbocycles. The van der Waals surface area contributed by atoms with Crippen molar-refractivity contribution in [2.24, 2.45) is 0 Å². The molecule has 0 fully saturated rings. The van der Waals surface area contributed by atoms with Crippen LogP contribution in [0, 0.1) is 0 Å². The molecule has 31 heavy (non-hydrogen) atoms. The van der Waals surface area contributed by atoms with Gasteiger partial charge in [-0.15, -0.1) is 0 Å². The molecule has 0 atom stereocenters. The van der Waals surface area contributed by atoms with E-state index in [0.29, 0.717) is 17.9 Å². The minimum Gasteiger partial charge on any atom is -0.497 e. The predicted molar refractivity (Wildman–Crippen MR) is 119 cm³/mol. The zero-order valence-electron chi connectivity index (χ0n) is 17.2. The largest absolute Gasteiger partial charge is 0.497 e. The summed E-state index contributed by atoms with van der Waals surface area (Å²) in [5, 5.41) is 7.50. The Kier molecular flexibility index (Phi) is 7.59. The van der Waals surface area contributed by atoms with Crippen molar-refractivity contribution in [2.75, 3.05) is 24.4 Å². The van der Waals surface area contributed by atoms with Gasteiger partial charge in [0.05, 0.1) is 7.11 Å².